The van der Waals surface area contributed by atoms with Gasteiger partial charge in [-0.2, -0.15) is 0 Å². The second kappa shape index (κ2) is 8.11. The molecule has 25 heavy (non-hydrogen) atoms. The number of nitrogens with zero attached hydrogens (tertiary/aromatic N) is 1. The van der Waals surface area contributed by atoms with Crippen molar-refractivity contribution in [1.82, 2.24) is 10.3 Å². The lowest BCUT2D eigenvalue weighted by Gasteiger charge is -2.09. The number of hydrogen-bond acceptors (Lipinski definition) is 3. The zero-order valence-corrected chi connectivity index (χ0v) is 14.2. The van der Waals surface area contributed by atoms with Gasteiger partial charge >= 0.3 is 0 Å². The van der Waals surface area contributed by atoms with Gasteiger partial charge in [0.15, 0.2) is 0 Å². The van der Waals surface area contributed by atoms with Crippen LogP contribution < -0.4 is 10.6 Å². The van der Waals surface area contributed by atoms with E-state index in [9.17, 15) is 4.79 Å². The summed E-state index contributed by atoms with van der Waals surface area (Å²) in [4.78, 5) is 16.5. The molecule has 0 fully saturated rings. The molecule has 0 bridgehead atoms. The van der Waals surface area contributed by atoms with E-state index in [2.05, 4.69) is 27.8 Å². The Balaban J connectivity index is 1.58. The Labute approximate surface area is 147 Å². The maximum Gasteiger partial charge on any atom is 0.270 e. The fourth-order valence-corrected chi connectivity index (χ4v) is 2.44. The average Bonchev–Trinajstić information content (AvgIpc) is 2.67. The number of pyridine rings is 1. The molecule has 0 aliphatic heterocycles. The van der Waals surface area contributed by atoms with Crippen LogP contribution in [0.5, 0.6) is 0 Å². The first-order valence-electron chi connectivity index (χ1n) is 8.28. The molecular formula is C21H21N3O. The van der Waals surface area contributed by atoms with Crippen LogP contribution in [0.3, 0.4) is 0 Å². The monoisotopic (exact) mass is 331 g/mol. The molecule has 0 aliphatic rings. The Morgan fingerprint density at radius 2 is 1.64 bits per heavy atom. The fourth-order valence-electron chi connectivity index (χ4n) is 2.44. The van der Waals surface area contributed by atoms with Crippen molar-refractivity contribution in [2.75, 3.05) is 5.32 Å². The topological polar surface area (TPSA) is 54.0 Å². The summed E-state index contributed by atoms with van der Waals surface area (Å²) >= 11 is 0. The first-order valence-corrected chi connectivity index (χ1v) is 8.28. The number of rotatable bonds is 6. The highest BCUT2D eigenvalue weighted by Gasteiger charge is 2.07. The third-order valence-electron chi connectivity index (χ3n) is 3.91. The maximum atomic E-state index is 12.3. The van der Waals surface area contributed by atoms with Crippen LogP contribution in [0.2, 0.25) is 0 Å². The van der Waals surface area contributed by atoms with Gasteiger partial charge < -0.3 is 10.6 Å². The summed E-state index contributed by atoms with van der Waals surface area (Å²) in [6.07, 6.45) is 1.65. The van der Waals surface area contributed by atoms with E-state index in [1.807, 2.05) is 55.5 Å². The lowest BCUT2D eigenvalue weighted by atomic mass is 10.1. The summed E-state index contributed by atoms with van der Waals surface area (Å²) in [5.74, 6) is -0.177. The Kier molecular flexibility index (Phi) is 5.42. The molecule has 0 radical (unpaired) electrons. The lowest BCUT2D eigenvalue weighted by molar-refractivity contribution is 0.0946. The van der Waals surface area contributed by atoms with E-state index >= 15 is 0 Å². The first kappa shape index (κ1) is 16.7. The van der Waals surface area contributed by atoms with Crippen LogP contribution in [-0.2, 0) is 13.1 Å². The van der Waals surface area contributed by atoms with Crippen LogP contribution in [0.4, 0.5) is 5.69 Å². The van der Waals surface area contributed by atoms with Crippen molar-refractivity contribution < 1.29 is 4.79 Å². The minimum atomic E-state index is -0.177. The minimum Gasteiger partial charge on any atom is -0.381 e. The van der Waals surface area contributed by atoms with Crippen molar-refractivity contribution in [1.29, 1.82) is 0 Å². The standard InChI is InChI=1S/C21H21N3O/c1-16-7-9-18(10-8-16)15-24-21(25)20-13-19(11-12-22-20)23-14-17-5-3-2-4-6-17/h2-13H,14-15H2,1H3,(H,22,23)(H,24,25). The zero-order valence-electron chi connectivity index (χ0n) is 14.2. The smallest absolute Gasteiger partial charge is 0.270 e. The molecule has 0 saturated carbocycles. The van der Waals surface area contributed by atoms with Gasteiger partial charge in [-0.3, -0.25) is 9.78 Å². The fraction of sp³-hybridized carbons (Fsp3) is 0.143. The molecular weight excluding hydrogens is 310 g/mol. The number of amides is 1. The number of benzene rings is 2. The largest absolute Gasteiger partial charge is 0.381 e. The van der Waals surface area contributed by atoms with Crippen molar-refractivity contribution in [3.8, 4) is 0 Å². The lowest BCUT2D eigenvalue weighted by Crippen LogP contribution is -2.23. The Morgan fingerprint density at radius 3 is 2.40 bits per heavy atom. The highest BCUT2D eigenvalue weighted by atomic mass is 16.1. The number of anilines is 1. The Morgan fingerprint density at radius 1 is 0.920 bits per heavy atom. The average molecular weight is 331 g/mol. The Bertz CT molecular complexity index is 829. The summed E-state index contributed by atoms with van der Waals surface area (Å²) in [6.45, 7) is 3.23. The molecule has 3 aromatic rings. The van der Waals surface area contributed by atoms with Gasteiger partial charge in [-0.05, 0) is 30.2 Å². The summed E-state index contributed by atoms with van der Waals surface area (Å²) in [5.41, 5.74) is 4.74. The van der Waals surface area contributed by atoms with Crippen LogP contribution in [0, 0.1) is 6.92 Å². The van der Waals surface area contributed by atoms with Gasteiger partial charge in [0, 0.05) is 25.0 Å². The molecule has 3 rings (SSSR count). The number of carbonyl (C=O) groups excluding carboxylic acids is 1. The number of hydrogen-bond donors (Lipinski definition) is 2. The quantitative estimate of drug-likeness (QED) is 0.719. The molecule has 1 aromatic heterocycles. The van der Waals surface area contributed by atoms with Crippen molar-refractivity contribution in [3.05, 3.63) is 95.3 Å². The molecule has 1 amide bonds. The summed E-state index contributed by atoms with van der Waals surface area (Å²) < 4.78 is 0. The molecule has 4 heteroatoms. The molecule has 0 spiro atoms. The number of aromatic nitrogens is 1. The Hall–Kier alpha value is -3.14. The van der Waals surface area contributed by atoms with E-state index in [-0.39, 0.29) is 5.91 Å². The van der Waals surface area contributed by atoms with Crippen LogP contribution in [0.15, 0.2) is 72.9 Å². The first-order chi connectivity index (χ1) is 12.2. The molecule has 4 nitrogen and oxygen atoms in total. The summed E-state index contributed by atoms with van der Waals surface area (Å²) in [7, 11) is 0. The SMILES string of the molecule is Cc1ccc(CNC(=O)c2cc(NCc3ccccc3)ccn2)cc1. The maximum absolute atomic E-state index is 12.3. The molecule has 0 saturated heterocycles. The van der Waals surface area contributed by atoms with Crippen molar-refractivity contribution in [3.63, 3.8) is 0 Å². The normalized spacial score (nSPS) is 10.3. The van der Waals surface area contributed by atoms with Crippen molar-refractivity contribution in [2.45, 2.75) is 20.0 Å². The van der Waals surface area contributed by atoms with E-state index in [0.717, 1.165) is 11.3 Å². The zero-order chi connectivity index (χ0) is 17.5. The van der Waals surface area contributed by atoms with Gasteiger partial charge in [0.25, 0.3) is 5.91 Å². The van der Waals surface area contributed by atoms with Crippen LogP contribution in [0.1, 0.15) is 27.2 Å². The molecule has 2 aromatic carbocycles. The number of carbonyl (C=O) groups is 1. The van der Waals surface area contributed by atoms with Gasteiger partial charge in [-0.25, -0.2) is 0 Å². The van der Waals surface area contributed by atoms with Gasteiger partial charge in [0.1, 0.15) is 5.69 Å². The van der Waals surface area contributed by atoms with Gasteiger partial charge in [-0.1, -0.05) is 60.2 Å². The van der Waals surface area contributed by atoms with E-state index in [4.69, 9.17) is 0 Å². The highest BCUT2D eigenvalue weighted by Crippen LogP contribution is 2.11. The number of nitrogens with one attached hydrogen (secondary N) is 2. The second-order valence-electron chi connectivity index (χ2n) is 5.94. The van der Waals surface area contributed by atoms with E-state index in [0.29, 0.717) is 18.8 Å². The minimum absolute atomic E-state index is 0.177. The molecule has 0 atom stereocenters. The number of aryl methyl sites for hydroxylation is 1. The van der Waals surface area contributed by atoms with Gasteiger partial charge in [0.05, 0.1) is 0 Å². The third kappa shape index (κ3) is 4.91. The second-order valence-corrected chi connectivity index (χ2v) is 5.94. The predicted octanol–water partition coefficient (Wildman–Crippen LogP) is 3.93. The predicted molar refractivity (Wildman–Crippen MR) is 100 cm³/mol. The van der Waals surface area contributed by atoms with Crippen LogP contribution in [0.25, 0.3) is 0 Å². The third-order valence-corrected chi connectivity index (χ3v) is 3.91. The van der Waals surface area contributed by atoms with E-state index < -0.39 is 0 Å². The molecule has 0 unspecified atom stereocenters. The molecule has 1 heterocycles. The summed E-state index contributed by atoms with van der Waals surface area (Å²) in [6, 6.07) is 21.9. The summed E-state index contributed by atoms with van der Waals surface area (Å²) in [5, 5.41) is 6.22. The molecule has 126 valence electrons. The van der Waals surface area contributed by atoms with Crippen molar-refractivity contribution >= 4 is 11.6 Å². The van der Waals surface area contributed by atoms with E-state index in [1.54, 1.807) is 12.3 Å². The van der Waals surface area contributed by atoms with Crippen LogP contribution >= 0.6 is 0 Å². The highest BCUT2D eigenvalue weighted by molar-refractivity contribution is 5.93. The van der Waals surface area contributed by atoms with E-state index in [1.165, 1.54) is 11.1 Å². The van der Waals surface area contributed by atoms with Gasteiger partial charge in [-0.15, -0.1) is 0 Å². The molecule has 2 N–H and O–H groups in total. The van der Waals surface area contributed by atoms with Crippen LogP contribution in [-0.4, -0.2) is 10.9 Å². The molecule has 0 aliphatic carbocycles. The van der Waals surface area contributed by atoms with Gasteiger partial charge in [0.2, 0.25) is 0 Å². The van der Waals surface area contributed by atoms with Crippen molar-refractivity contribution in [2.24, 2.45) is 0 Å².